The van der Waals surface area contributed by atoms with E-state index in [-0.39, 0.29) is 0 Å². The molecule has 14 heavy (non-hydrogen) atoms. The molecule has 0 aliphatic heterocycles. The number of hydrogen-bond acceptors (Lipinski definition) is 2. The number of aryl methyl sites for hydroxylation is 2. The first kappa shape index (κ1) is 11.0. The minimum atomic E-state index is -0.475. The summed E-state index contributed by atoms with van der Waals surface area (Å²) < 4.78 is 5.40. The SMILES string of the molecule is Cc1ccc(OC[C@@H](O)C[NH3+])cc1C. The van der Waals surface area contributed by atoms with Gasteiger partial charge in [-0.15, -0.1) is 0 Å². The first-order valence-electron chi connectivity index (χ1n) is 4.81. The maximum Gasteiger partial charge on any atom is 0.136 e. The van der Waals surface area contributed by atoms with E-state index >= 15 is 0 Å². The smallest absolute Gasteiger partial charge is 0.136 e. The highest BCUT2D eigenvalue weighted by atomic mass is 16.5. The number of ether oxygens (including phenoxy) is 1. The molecule has 0 fully saturated rings. The Morgan fingerprint density at radius 2 is 2.07 bits per heavy atom. The molecule has 1 aromatic carbocycles. The number of aliphatic hydroxyl groups excluding tert-OH is 1. The second-order valence-corrected chi connectivity index (χ2v) is 3.50. The van der Waals surface area contributed by atoms with Gasteiger partial charge in [0.2, 0.25) is 0 Å². The van der Waals surface area contributed by atoms with E-state index in [4.69, 9.17) is 4.74 Å². The molecule has 1 aromatic rings. The van der Waals surface area contributed by atoms with E-state index in [9.17, 15) is 5.11 Å². The third kappa shape index (κ3) is 3.01. The normalized spacial score (nSPS) is 12.6. The van der Waals surface area contributed by atoms with Gasteiger partial charge in [0.05, 0.1) is 0 Å². The molecular weight excluding hydrogens is 178 g/mol. The summed E-state index contributed by atoms with van der Waals surface area (Å²) in [5, 5.41) is 9.26. The van der Waals surface area contributed by atoms with Gasteiger partial charge in [-0.2, -0.15) is 0 Å². The lowest BCUT2D eigenvalue weighted by Gasteiger charge is -2.10. The van der Waals surface area contributed by atoms with E-state index in [0.717, 1.165) is 5.75 Å². The number of aliphatic hydroxyl groups is 1. The highest BCUT2D eigenvalue weighted by molar-refractivity contribution is 5.33. The van der Waals surface area contributed by atoms with Gasteiger partial charge in [0.25, 0.3) is 0 Å². The second kappa shape index (κ2) is 4.98. The van der Waals surface area contributed by atoms with E-state index in [1.165, 1.54) is 11.1 Å². The quantitative estimate of drug-likeness (QED) is 0.727. The lowest BCUT2D eigenvalue weighted by Crippen LogP contribution is -2.56. The van der Waals surface area contributed by atoms with E-state index in [0.29, 0.717) is 13.2 Å². The third-order valence-corrected chi connectivity index (χ3v) is 2.25. The molecule has 78 valence electrons. The lowest BCUT2D eigenvalue weighted by atomic mass is 10.1. The molecule has 0 heterocycles. The fourth-order valence-corrected chi connectivity index (χ4v) is 1.08. The van der Waals surface area contributed by atoms with Crippen LogP contribution >= 0.6 is 0 Å². The molecule has 0 aliphatic rings. The topological polar surface area (TPSA) is 57.1 Å². The highest BCUT2D eigenvalue weighted by Crippen LogP contribution is 2.16. The first-order chi connectivity index (χ1) is 6.63. The van der Waals surface area contributed by atoms with Crippen molar-refractivity contribution in [3.8, 4) is 5.75 Å². The zero-order valence-electron chi connectivity index (χ0n) is 8.79. The summed E-state index contributed by atoms with van der Waals surface area (Å²) in [4.78, 5) is 0. The van der Waals surface area contributed by atoms with Gasteiger partial charge in [-0.1, -0.05) is 6.07 Å². The van der Waals surface area contributed by atoms with Gasteiger partial charge < -0.3 is 15.6 Å². The number of benzene rings is 1. The molecule has 3 nitrogen and oxygen atoms in total. The molecule has 1 atom stereocenters. The molecule has 0 radical (unpaired) electrons. The van der Waals surface area contributed by atoms with Crippen LogP contribution in [0.2, 0.25) is 0 Å². The number of hydrogen-bond donors (Lipinski definition) is 2. The van der Waals surface area contributed by atoms with Crippen molar-refractivity contribution in [1.29, 1.82) is 0 Å². The van der Waals surface area contributed by atoms with Gasteiger partial charge >= 0.3 is 0 Å². The summed E-state index contributed by atoms with van der Waals surface area (Å²) in [6.45, 7) is 4.89. The predicted molar refractivity (Wildman–Crippen MR) is 55.2 cm³/mol. The Morgan fingerprint density at radius 1 is 1.36 bits per heavy atom. The van der Waals surface area contributed by atoms with Crippen LogP contribution in [0, 0.1) is 13.8 Å². The molecule has 0 saturated heterocycles. The van der Waals surface area contributed by atoms with Crippen LogP contribution in [0.5, 0.6) is 5.75 Å². The minimum Gasteiger partial charge on any atom is -0.491 e. The van der Waals surface area contributed by atoms with Gasteiger partial charge in [-0.05, 0) is 37.1 Å². The van der Waals surface area contributed by atoms with Crippen LogP contribution in [-0.2, 0) is 0 Å². The van der Waals surface area contributed by atoms with Gasteiger partial charge in [-0.25, -0.2) is 0 Å². The molecule has 0 bridgehead atoms. The minimum absolute atomic E-state index is 0.312. The fourth-order valence-electron chi connectivity index (χ4n) is 1.08. The van der Waals surface area contributed by atoms with Crippen LogP contribution in [0.15, 0.2) is 18.2 Å². The Bertz CT molecular complexity index is 299. The molecule has 0 amide bonds. The van der Waals surface area contributed by atoms with E-state index < -0.39 is 6.10 Å². The highest BCUT2D eigenvalue weighted by Gasteiger charge is 2.04. The predicted octanol–water partition coefficient (Wildman–Crippen LogP) is 0.285. The average molecular weight is 196 g/mol. The molecule has 0 unspecified atom stereocenters. The Morgan fingerprint density at radius 3 is 2.64 bits per heavy atom. The van der Waals surface area contributed by atoms with Crippen LogP contribution in [0.25, 0.3) is 0 Å². The Balaban J connectivity index is 2.55. The third-order valence-electron chi connectivity index (χ3n) is 2.25. The Kier molecular flexibility index (Phi) is 3.92. The van der Waals surface area contributed by atoms with E-state index in [2.05, 4.69) is 12.7 Å². The monoisotopic (exact) mass is 196 g/mol. The molecule has 0 aromatic heterocycles. The van der Waals surface area contributed by atoms with Crippen molar-refractivity contribution < 1.29 is 15.6 Å². The maximum absolute atomic E-state index is 9.26. The standard InChI is InChI=1S/C11H17NO2/c1-8-3-4-11(5-9(8)2)14-7-10(13)6-12/h3-5,10,13H,6-7,12H2,1-2H3/p+1/t10-/m0/s1. The van der Waals surface area contributed by atoms with Crippen molar-refractivity contribution in [2.45, 2.75) is 20.0 Å². The molecular formula is C11H18NO2+. The molecule has 0 spiro atoms. The van der Waals surface area contributed by atoms with Crippen molar-refractivity contribution in [3.05, 3.63) is 29.3 Å². The second-order valence-electron chi connectivity index (χ2n) is 3.50. The van der Waals surface area contributed by atoms with Crippen molar-refractivity contribution in [1.82, 2.24) is 0 Å². The fraction of sp³-hybridized carbons (Fsp3) is 0.455. The molecule has 0 saturated carbocycles. The zero-order chi connectivity index (χ0) is 10.6. The van der Waals surface area contributed by atoms with Crippen molar-refractivity contribution in [2.24, 2.45) is 0 Å². The van der Waals surface area contributed by atoms with E-state index in [1.54, 1.807) is 0 Å². The van der Waals surface area contributed by atoms with Crippen LogP contribution in [0.4, 0.5) is 0 Å². The van der Waals surface area contributed by atoms with Crippen LogP contribution < -0.4 is 10.5 Å². The molecule has 1 rings (SSSR count). The van der Waals surface area contributed by atoms with Gasteiger partial charge in [0.15, 0.2) is 0 Å². The van der Waals surface area contributed by atoms with Crippen molar-refractivity contribution in [2.75, 3.05) is 13.2 Å². The summed E-state index contributed by atoms with van der Waals surface area (Å²) in [6.07, 6.45) is -0.475. The summed E-state index contributed by atoms with van der Waals surface area (Å²) in [5.41, 5.74) is 6.05. The van der Waals surface area contributed by atoms with Gasteiger partial charge in [0.1, 0.15) is 25.0 Å². The molecule has 0 aliphatic carbocycles. The first-order valence-corrected chi connectivity index (χ1v) is 4.81. The summed E-state index contributed by atoms with van der Waals surface area (Å²) >= 11 is 0. The largest absolute Gasteiger partial charge is 0.491 e. The van der Waals surface area contributed by atoms with Crippen LogP contribution in [0.1, 0.15) is 11.1 Å². The Hall–Kier alpha value is -1.06. The molecule has 4 N–H and O–H groups in total. The summed E-state index contributed by atoms with van der Waals surface area (Å²) in [7, 11) is 0. The van der Waals surface area contributed by atoms with Crippen LogP contribution in [0.3, 0.4) is 0 Å². The average Bonchev–Trinajstić information content (AvgIpc) is 2.19. The Labute approximate surface area is 84.5 Å². The summed E-state index contributed by atoms with van der Waals surface area (Å²) in [5.74, 6) is 0.806. The van der Waals surface area contributed by atoms with E-state index in [1.807, 2.05) is 25.1 Å². The zero-order valence-corrected chi connectivity index (χ0v) is 8.79. The molecule has 3 heteroatoms. The summed E-state index contributed by atoms with van der Waals surface area (Å²) in [6, 6.07) is 5.91. The number of quaternary nitrogens is 1. The van der Waals surface area contributed by atoms with Gasteiger partial charge in [-0.3, -0.25) is 0 Å². The number of rotatable bonds is 4. The maximum atomic E-state index is 9.26. The lowest BCUT2D eigenvalue weighted by molar-refractivity contribution is -0.384. The van der Waals surface area contributed by atoms with Gasteiger partial charge in [0, 0.05) is 0 Å². The van der Waals surface area contributed by atoms with Crippen LogP contribution in [-0.4, -0.2) is 24.4 Å². The van der Waals surface area contributed by atoms with Crippen molar-refractivity contribution in [3.63, 3.8) is 0 Å². The van der Waals surface area contributed by atoms with Crippen molar-refractivity contribution >= 4 is 0 Å².